The molecular weight excluding hydrogens is 258 g/mol. The Morgan fingerprint density at radius 3 is 2.20 bits per heavy atom. The van der Waals surface area contributed by atoms with Crippen molar-refractivity contribution in [3.8, 4) is 0 Å². The van der Waals surface area contributed by atoms with Crippen LogP contribution >= 0.6 is 0 Å². The molecule has 3 amide bonds. The second-order valence-electron chi connectivity index (χ2n) is 5.24. The highest BCUT2D eigenvalue weighted by Gasteiger charge is 2.28. The van der Waals surface area contributed by atoms with Crippen LogP contribution in [-0.2, 0) is 4.79 Å². The summed E-state index contributed by atoms with van der Waals surface area (Å²) in [6, 6.07) is -0.606. The Hall–Kier alpha value is -1.18. The van der Waals surface area contributed by atoms with E-state index in [-0.39, 0.29) is 11.9 Å². The van der Waals surface area contributed by atoms with Gasteiger partial charge in [-0.3, -0.25) is 19.9 Å². The second kappa shape index (κ2) is 8.18. The average molecular weight is 285 g/mol. The standard InChI is InChI=1S/C13H27N5O2/c1-3-11(4-5-14)18-8-6-17(7-9-18)10(2)12(19)16-13(15)20/h10-11H,3-9,14H2,1-2H3,(H3,15,16,19,20). The number of amides is 3. The van der Waals surface area contributed by atoms with E-state index in [4.69, 9.17) is 11.5 Å². The van der Waals surface area contributed by atoms with Crippen LogP contribution in [0.4, 0.5) is 4.79 Å². The van der Waals surface area contributed by atoms with Crippen molar-refractivity contribution >= 4 is 11.9 Å². The number of nitrogens with one attached hydrogen (secondary N) is 1. The molecule has 0 aromatic rings. The van der Waals surface area contributed by atoms with Gasteiger partial charge in [-0.25, -0.2) is 4.79 Å². The van der Waals surface area contributed by atoms with Gasteiger partial charge in [0.1, 0.15) is 0 Å². The Labute approximate surface area is 120 Å². The molecule has 0 saturated carbocycles. The van der Waals surface area contributed by atoms with Crippen LogP contribution in [0.2, 0.25) is 0 Å². The average Bonchev–Trinajstić information content (AvgIpc) is 2.43. The topological polar surface area (TPSA) is 105 Å². The Kier molecular flexibility index (Phi) is 6.90. The van der Waals surface area contributed by atoms with E-state index < -0.39 is 6.03 Å². The number of carbonyl (C=O) groups excluding carboxylic acids is 2. The van der Waals surface area contributed by atoms with Crippen molar-refractivity contribution in [1.29, 1.82) is 0 Å². The maximum Gasteiger partial charge on any atom is 0.318 e. The van der Waals surface area contributed by atoms with Gasteiger partial charge in [0.25, 0.3) is 0 Å². The third-order valence-corrected chi connectivity index (χ3v) is 4.01. The summed E-state index contributed by atoms with van der Waals surface area (Å²) in [5.74, 6) is -0.333. The molecule has 0 bridgehead atoms. The molecule has 0 aromatic heterocycles. The molecule has 1 rings (SSSR count). The molecule has 0 aromatic carbocycles. The minimum Gasteiger partial charge on any atom is -0.351 e. The summed E-state index contributed by atoms with van der Waals surface area (Å²) in [5, 5.41) is 2.13. The lowest BCUT2D eigenvalue weighted by atomic mass is 10.1. The van der Waals surface area contributed by atoms with Crippen LogP contribution in [0.3, 0.4) is 0 Å². The largest absolute Gasteiger partial charge is 0.351 e. The number of primary amides is 1. The van der Waals surface area contributed by atoms with E-state index in [9.17, 15) is 9.59 Å². The number of nitrogens with zero attached hydrogens (tertiary/aromatic N) is 2. The van der Waals surface area contributed by atoms with Crippen molar-refractivity contribution in [2.75, 3.05) is 32.7 Å². The Morgan fingerprint density at radius 1 is 1.20 bits per heavy atom. The lowest BCUT2D eigenvalue weighted by molar-refractivity contribution is -0.125. The van der Waals surface area contributed by atoms with Crippen LogP contribution in [0, 0.1) is 0 Å². The molecule has 2 unspecified atom stereocenters. The van der Waals surface area contributed by atoms with Crippen molar-refractivity contribution in [3.63, 3.8) is 0 Å². The zero-order valence-corrected chi connectivity index (χ0v) is 12.5. The van der Waals surface area contributed by atoms with Gasteiger partial charge < -0.3 is 11.5 Å². The van der Waals surface area contributed by atoms with Crippen LogP contribution in [0.1, 0.15) is 26.7 Å². The first-order chi connectivity index (χ1) is 9.49. The van der Waals surface area contributed by atoms with E-state index in [1.54, 1.807) is 6.92 Å². The lowest BCUT2D eigenvalue weighted by Crippen LogP contribution is -2.56. The molecule has 1 saturated heterocycles. The summed E-state index contributed by atoms with van der Waals surface area (Å²) in [5.41, 5.74) is 10.6. The number of imide groups is 1. The first-order valence-electron chi connectivity index (χ1n) is 7.28. The highest BCUT2D eigenvalue weighted by Crippen LogP contribution is 2.13. The molecular formula is C13H27N5O2. The molecule has 20 heavy (non-hydrogen) atoms. The maximum absolute atomic E-state index is 11.7. The number of carbonyl (C=O) groups is 2. The molecule has 2 atom stereocenters. The van der Waals surface area contributed by atoms with Crippen LogP contribution in [0.5, 0.6) is 0 Å². The predicted molar refractivity (Wildman–Crippen MR) is 78.1 cm³/mol. The number of rotatable bonds is 6. The fourth-order valence-corrected chi connectivity index (χ4v) is 2.72. The van der Waals surface area contributed by atoms with Crippen LogP contribution in [-0.4, -0.2) is 66.5 Å². The van der Waals surface area contributed by atoms with E-state index in [1.165, 1.54) is 0 Å². The minimum absolute atomic E-state index is 0.333. The SMILES string of the molecule is CCC(CCN)N1CCN(C(C)C(=O)NC(N)=O)CC1. The third-order valence-electron chi connectivity index (χ3n) is 4.01. The number of piperazine rings is 1. The van der Waals surface area contributed by atoms with Gasteiger partial charge in [-0.1, -0.05) is 6.92 Å². The maximum atomic E-state index is 11.7. The molecule has 0 radical (unpaired) electrons. The first kappa shape index (κ1) is 16.9. The molecule has 0 spiro atoms. The molecule has 0 aliphatic carbocycles. The number of hydrogen-bond acceptors (Lipinski definition) is 5. The zero-order chi connectivity index (χ0) is 15.1. The fraction of sp³-hybridized carbons (Fsp3) is 0.846. The van der Waals surface area contributed by atoms with Crippen LogP contribution in [0.25, 0.3) is 0 Å². The summed E-state index contributed by atoms with van der Waals surface area (Å²) in [6.45, 7) is 8.15. The summed E-state index contributed by atoms with van der Waals surface area (Å²) >= 11 is 0. The molecule has 7 nitrogen and oxygen atoms in total. The predicted octanol–water partition coefficient (Wildman–Crippen LogP) is -0.685. The van der Waals surface area contributed by atoms with Gasteiger partial charge in [0.05, 0.1) is 6.04 Å². The second-order valence-corrected chi connectivity index (χ2v) is 5.24. The molecule has 1 aliphatic heterocycles. The Morgan fingerprint density at radius 2 is 1.75 bits per heavy atom. The highest BCUT2D eigenvalue weighted by atomic mass is 16.2. The molecule has 7 heteroatoms. The van der Waals surface area contributed by atoms with Crippen molar-refractivity contribution in [2.45, 2.75) is 38.8 Å². The fourth-order valence-electron chi connectivity index (χ4n) is 2.72. The van der Waals surface area contributed by atoms with Gasteiger partial charge in [0, 0.05) is 32.2 Å². The smallest absolute Gasteiger partial charge is 0.318 e. The summed E-state index contributed by atoms with van der Waals surface area (Å²) in [7, 11) is 0. The van der Waals surface area contributed by atoms with Crippen molar-refractivity contribution in [2.24, 2.45) is 11.5 Å². The highest BCUT2D eigenvalue weighted by molar-refractivity contribution is 5.96. The molecule has 116 valence electrons. The molecule has 1 fully saturated rings. The van der Waals surface area contributed by atoms with E-state index in [1.807, 2.05) is 0 Å². The summed E-state index contributed by atoms with van der Waals surface area (Å²) in [4.78, 5) is 26.9. The van der Waals surface area contributed by atoms with E-state index in [2.05, 4.69) is 22.0 Å². The van der Waals surface area contributed by atoms with Crippen molar-refractivity contribution in [3.05, 3.63) is 0 Å². The molecule has 5 N–H and O–H groups in total. The van der Waals surface area contributed by atoms with Gasteiger partial charge in [-0.15, -0.1) is 0 Å². The van der Waals surface area contributed by atoms with Gasteiger partial charge in [0.2, 0.25) is 5.91 Å². The molecule has 1 heterocycles. The van der Waals surface area contributed by atoms with Gasteiger partial charge >= 0.3 is 6.03 Å². The summed E-state index contributed by atoms with van der Waals surface area (Å²) < 4.78 is 0. The number of urea groups is 1. The Bertz CT molecular complexity index is 329. The number of hydrogen-bond donors (Lipinski definition) is 3. The van der Waals surface area contributed by atoms with Crippen molar-refractivity contribution < 1.29 is 9.59 Å². The summed E-state index contributed by atoms with van der Waals surface area (Å²) in [6.07, 6.45) is 2.10. The first-order valence-corrected chi connectivity index (χ1v) is 7.28. The minimum atomic E-state index is -0.797. The quantitative estimate of drug-likeness (QED) is 0.599. The molecule has 1 aliphatic rings. The van der Waals surface area contributed by atoms with Gasteiger partial charge in [-0.2, -0.15) is 0 Å². The third kappa shape index (κ3) is 4.73. The zero-order valence-electron chi connectivity index (χ0n) is 12.5. The van der Waals surface area contributed by atoms with Crippen LogP contribution < -0.4 is 16.8 Å². The normalized spacial score (nSPS) is 20.4. The monoisotopic (exact) mass is 285 g/mol. The Balaban J connectivity index is 2.44. The van der Waals surface area contributed by atoms with E-state index in [0.29, 0.717) is 12.6 Å². The van der Waals surface area contributed by atoms with E-state index >= 15 is 0 Å². The lowest BCUT2D eigenvalue weighted by Gasteiger charge is -2.40. The van der Waals surface area contributed by atoms with Gasteiger partial charge in [0.15, 0.2) is 0 Å². The van der Waals surface area contributed by atoms with Crippen molar-refractivity contribution in [1.82, 2.24) is 15.1 Å². The number of nitrogens with two attached hydrogens (primary N) is 2. The van der Waals surface area contributed by atoms with Crippen LogP contribution in [0.15, 0.2) is 0 Å². The van der Waals surface area contributed by atoms with Gasteiger partial charge in [-0.05, 0) is 26.3 Å². The van der Waals surface area contributed by atoms with E-state index in [0.717, 1.165) is 39.0 Å².